The largest absolute Gasteiger partial charge is 0.354 e. The van der Waals surface area contributed by atoms with E-state index in [2.05, 4.69) is 59.4 Å². The maximum absolute atomic E-state index is 12.6. The highest BCUT2D eigenvalue weighted by molar-refractivity contribution is 5.86. The molecule has 0 aromatic heterocycles. The van der Waals surface area contributed by atoms with E-state index in [4.69, 9.17) is 0 Å². The average molecular weight is 315 g/mol. The van der Waals surface area contributed by atoms with Crippen LogP contribution in [0.15, 0.2) is 30.3 Å². The molecule has 0 saturated carbocycles. The van der Waals surface area contributed by atoms with Crippen LogP contribution in [0.5, 0.6) is 0 Å². The Balaban J connectivity index is 1.60. The van der Waals surface area contributed by atoms with Crippen LogP contribution < -0.4 is 5.32 Å². The van der Waals surface area contributed by atoms with Crippen molar-refractivity contribution in [3.8, 4) is 0 Å². The minimum atomic E-state index is -0.275. The van der Waals surface area contributed by atoms with E-state index in [1.54, 1.807) is 0 Å². The van der Waals surface area contributed by atoms with Crippen LogP contribution in [0.1, 0.15) is 37.7 Å². The van der Waals surface area contributed by atoms with E-state index >= 15 is 0 Å². The number of hydrogen-bond acceptors (Lipinski definition) is 3. The van der Waals surface area contributed by atoms with E-state index in [0.717, 1.165) is 52.0 Å². The molecule has 1 aromatic carbocycles. The SMILES string of the molecule is C[C@@H](CN1CCC2(CC1)C(=O)NCCCN2C)c1ccccc1. The summed E-state index contributed by atoms with van der Waals surface area (Å²) in [4.78, 5) is 17.4. The number of carbonyl (C=O) groups is 1. The van der Waals surface area contributed by atoms with Gasteiger partial charge in [0, 0.05) is 32.7 Å². The van der Waals surface area contributed by atoms with Crippen molar-refractivity contribution >= 4 is 5.91 Å². The van der Waals surface area contributed by atoms with Crippen molar-refractivity contribution in [2.24, 2.45) is 0 Å². The highest BCUT2D eigenvalue weighted by atomic mass is 16.2. The first-order chi connectivity index (χ1) is 11.1. The summed E-state index contributed by atoms with van der Waals surface area (Å²) in [5, 5.41) is 3.12. The predicted octanol–water partition coefficient (Wildman–Crippen LogP) is 2.08. The zero-order chi connectivity index (χ0) is 16.3. The van der Waals surface area contributed by atoms with E-state index in [9.17, 15) is 4.79 Å². The van der Waals surface area contributed by atoms with E-state index in [-0.39, 0.29) is 11.4 Å². The van der Waals surface area contributed by atoms with Crippen molar-refractivity contribution in [2.45, 2.75) is 37.6 Å². The Labute approximate surface area is 139 Å². The first kappa shape index (κ1) is 16.5. The van der Waals surface area contributed by atoms with Crippen LogP contribution in [0.2, 0.25) is 0 Å². The average Bonchev–Trinajstić information content (AvgIpc) is 2.71. The number of nitrogens with one attached hydrogen (secondary N) is 1. The van der Waals surface area contributed by atoms with Gasteiger partial charge in [0.05, 0.1) is 0 Å². The Hall–Kier alpha value is -1.39. The van der Waals surface area contributed by atoms with Crippen molar-refractivity contribution in [3.63, 3.8) is 0 Å². The second kappa shape index (κ2) is 7.02. The van der Waals surface area contributed by atoms with Gasteiger partial charge in [-0.25, -0.2) is 0 Å². The van der Waals surface area contributed by atoms with Crippen molar-refractivity contribution in [1.82, 2.24) is 15.1 Å². The number of hydrogen-bond donors (Lipinski definition) is 1. The monoisotopic (exact) mass is 315 g/mol. The van der Waals surface area contributed by atoms with Gasteiger partial charge in [-0.1, -0.05) is 37.3 Å². The number of nitrogens with zero attached hydrogens (tertiary/aromatic N) is 2. The molecule has 2 heterocycles. The lowest BCUT2D eigenvalue weighted by molar-refractivity contribution is -0.134. The Morgan fingerprint density at radius 3 is 2.57 bits per heavy atom. The maximum atomic E-state index is 12.6. The molecular weight excluding hydrogens is 286 g/mol. The van der Waals surface area contributed by atoms with E-state index in [0.29, 0.717) is 5.92 Å². The standard InChI is InChI=1S/C19H29N3O/c1-16(17-7-4-3-5-8-17)15-22-13-9-19(10-14-22)18(23)20-11-6-12-21(19)2/h3-5,7-8,16H,6,9-15H2,1-2H3,(H,20,23)/t16-/m0/s1. The van der Waals surface area contributed by atoms with Crippen molar-refractivity contribution in [2.75, 3.05) is 39.8 Å². The minimum Gasteiger partial charge on any atom is -0.354 e. The molecule has 4 heteroatoms. The van der Waals surface area contributed by atoms with E-state index < -0.39 is 0 Å². The van der Waals surface area contributed by atoms with Gasteiger partial charge in [0.1, 0.15) is 5.54 Å². The first-order valence-electron chi connectivity index (χ1n) is 8.89. The molecule has 3 rings (SSSR count). The molecule has 1 spiro atoms. The van der Waals surface area contributed by atoms with Crippen LogP contribution in [0.25, 0.3) is 0 Å². The quantitative estimate of drug-likeness (QED) is 0.927. The highest BCUT2D eigenvalue weighted by Crippen LogP contribution is 2.31. The Morgan fingerprint density at radius 2 is 1.87 bits per heavy atom. The number of rotatable bonds is 3. The molecule has 2 fully saturated rings. The van der Waals surface area contributed by atoms with E-state index in [1.165, 1.54) is 5.56 Å². The molecule has 0 unspecified atom stereocenters. The zero-order valence-electron chi connectivity index (χ0n) is 14.4. The molecular formula is C19H29N3O. The number of likely N-dealkylation sites (N-methyl/N-ethyl adjacent to an activating group) is 1. The predicted molar refractivity (Wildman–Crippen MR) is 93.5 cm³/mol. The topological polar surface area (TPSA) is 35.6 Å². The lowest BCUT2D eigenvalue weighted by atomic mass is 9.84. The van der Waals surface area contributed by atoms with Crippen molar-refractivity contribution in [3.05, 3.63) is 35.9 Å². The first-order valence-corrected chi connectivity index (χ1v) is 8.89. The molecule has 0 radical (unpaired) electrons. The number of amides is 1. The van der Waals surface area contributed by atoms with Crippen molar-refractivity contribution in [1.29, 1.82) is 0 Å². The lowest BCUT2D eigenvalue weighted by Crippen LogP contribution is -2.61. The number of carbonyl (C=O) groups excluding carboxylic acids is 1. The third kappa shape index (κ3) is 3.43. The van der Waals surface area contributed by atoms with Gasteiger partial charge < -0.3 is 10.2 Å². The molecule has 1 aromatic rings. The number of benzene rings is 1. The summed E-state index contributed by atoms with van der Waals surface area (Å²) in [6.07, 6.45) is 2.94. The van der Waals surface area contributed by atoms with Crippen LogP contribution in [0.4, 0.5) is 0 Å². The second-order valence-corrected chi connectivity index (χ2v) is 7.17. The smallest absolute Gasteiger partial charge is 0.240 e. The molecule has 1 amide bonds. The molecule has 1 N–H and O–H groups in total. The Kier molecular flexibility index (Phi) is 5.02. The third-order valence-corrected chi connectivity index (χ3v) is 5.69. The summed E-state index contributed by atoms with van der Waals surface area (Å²) in [5.74, 6) is 0.777. The zero-order valence-corrected chi connectivity index (χ0v) is 14.4. The summed E-state index contributed by atoms with van der Waals surface area (Å²) in [6.45, 7) is 7.22. The Morgan fingerprint density at radius 1 is 1.17 bits per heavy atom. The molecule has 2 aliphatic heterocycles. The lowest BCUT2D eigenvalue weighted by Gasteiger charge is -2.45. The van der Waals surface area contributed by atoms with Crippen LogP contribution in [-0.4, -0.2) is 61.0 Å². The van der Waals surface area contributed by atoms with Crippen LogP contribution in [0, 0.1) is 0 Å². The fourth-order valence-electron chi connectivity index (χ4n) is 4.06. The highest BCUT2D eigenvalue weighted by Gasteiger charge is 2.45. The fourth-order valence-corrected chi connectivity index (χ4v) is 4.06. The third-order valence-electron chi connectivity index (χ3n) is 5.69. The summed E-state index contributed by atoms with van der Waals surface area (Å²) in [5.41, 5.74) is 1.13. The van der Waals surface area contributed by atoms with Gasteiger partial charge in [-0.3, -0.25) is 9.69 Å². The van der Waals surface area contributed by atoms with Gasteiger partial charge >= 0.3 is 0 Å². The summed E-state index contributed by atoms with van der Waals surface area (Å²) in [7, 11) is 2.12. The summed E-state index contributed by atoms with van der Waals surface area (Å²) < 4.78 is 0. The number of piperidine rings is 1. The Bertz CT molecular complexity index is 523. The van der Waals surface area contributed by atoms with Gasteiger partial charge in [0.25, 0.3) is 0 Å². The molecule has 0 aliphatic carbocycles. The van der Waals surface area contributed by atoms with Crippen LogP contribution in [-0.2, 0) is 4.79 Å². The summed E-state index contributed by atoms with van der Waals surface area (Å²) in [6, 6.07) is 10.7. The van der Waals surface area contributed by atoms with Gasteiger partial charge in [-0.15, -0.1) is 0 Å². The second-order valence-electron chi connectivity index (χ2n) is 7.17. The van der Waals surface area contributed by atoms with Crippen LogP contribution >= 0.6 is 0 Å². The van der Waals surface area contributed by atoms with Gasteiger partial charge in [-0.2, -0.15) is 0 Å². The molecule has 23 heavy (non-hydrogen) atoms. The fraction of sp³-hybridized carbons (Fsp3) is 0.632. The molecule has 1 atom stereocenters. The van der Waals surface area contributed by atoms with Gasteiger partial charge in [0.15, 0.2) is 0 Å². The summed E-state index contributed by atoms with van der Waals surface area (Å²) >= 11 is 0. The molecule has 126 valence electrons. The normalized spacial score (nSPS) is 24.2. The van der Waals surface area contributed by atoms with Gasteiger partial charge in [-0.05, 0) is 37.8 Å². The molecule has 2 aliphatic rings. The maximum Gasteiger partial charge on any atom is 0.240 e. The molecule has 0 bridgehead atoms. The van der Waals surface area contributed by atoms with E-state index in [1.807, 2.05) is 0 Å². The molecule has 4 nitrogen and oxygen atoms in total. The van der Waals surface area contributed by atoms with Crippen molar-refractivity contribution < 1.29 is 4.79 Å². The molecule has 2 saturated heterocycles. The number of likely N-dealkylation sites (tertiary alicyclic amines) is 1. The van der Waals surface area contributed by atoms with Gasteiger partial charge in [0.2, 0.25) is 5.91 Å². The van der Waals surface area contributed by atoms with Crippen LogP contribution in [0.3, 0.4) is 0 Å². The minimum absolute atomic E-state index is 0.244.